The van der Waals surface area contributed by atoms with E-state index in [1.54, 1.807) is 19.1 Å². The summed E-state index contributed by atoms with van der Waals surface area (Å²) in [7, 11) is -3.23. The Morgan fingerprint density at radius 1 is 1.11 bits per heavy atom. The first-order valence-corrected chi connectivity index (χ1v) is 11.2. The number of nitrogens with zero attached hydrogens (tertiary/aromatic N) is 1. The molecule has 3 N–H and O–H groups in total. The van der Waals surface area contributed by atoms with Gasteiger partial charge >= 0.3 is 0 Å². The zero-order valence-electron chi connectivity index (χ0n) is 16.9. The molecule has 0 aliphatic rings. The van der Waals surface area contributed by atoms with Crippen molar-refractivity contribution in [3.63, 3.8) is 0 Å². The van der Waals surface area contributed by atoms with Crippen LogP contribution >= 0.6 is 0 Å². The monoisotopic (exact) mass is 403 g/mol. The SMILES string of the molecule is CCNC(=NCc1ccc(S(C)(=O)=O)c(C)c1)NCC(O)c1ccc(C)cc1. The highest BCUT2D eigenvalue weighted by atomic mass is 32.2. The molecule has 0 spiro atoms. The van der Waals surface area contributed by atoms with E-state index in [1.807, 2.05) is 44.2 Å². The maximum atomic E-state index is 11.7. The second-order valence-corrected chi connectivity index (χ2v) is 8.86. The fourth-order valence-electron chi connectivity index (χ4n) is 2.84. The lowest BCUT2D eigenvalue weighted by Gasteiger charge is -2.16. The molecule has 0 radical (unpaired) electrons. The van der Waals surface area contributed by atoms with Crippen LogP contribution in [-0.4, -0.2) is 38.8 Å². The Labute approximate surface area is 167 Å². The first kappa shape index (κ1) is 21.9. The molecule has 1 atom stereocenters. The Morgan fingerprint density at radius 2 is 1.79 bits per heavy atom. The van der Waals surface area contributed by atoms with Crippen LogP contribution in [0.25, 0.3) is 0 Å². The van der Waals surface area contributed by atoms with E-state index in [0.717, 1.165) is 16.7 Å². The molecular formula is C21H29N3O3S. The summed E-state index contributed by atoms with van der Waals surface area (Å²) in [4.78, 5) is 4.87. The fourth-order valence-corrected chi connectivity index (χ4v) is 3.80. The van der Waals surface area contributed by atoms with Crippen LogP contribution in [0.15, 0.2) is 52.4 Å². The van der Waals surface area contributed by atoms with Crippen molar-refractivity contribution in [2.45, 2.75) is 38.3 Å². The van der Waals surface area contributed by atoms with Gasteiger partial charge in [-0.25, -0.2) is 13.4 Å². The summed E-state index contributed by atoms with van der Waals surface area (Å²) in [6.45, 7) is 7.19. The lowest BCUT2D eigenvalue weighted by Crippen LogP contribution is -2.39. The third-order valence-corrected chi connectivity index (χ3v) is 5.58. The molecule has 2 rings (SSSR count). The summed E-state index contributed by atoms with van der Waals surface area (Å²) >= 11 is 0. The van der Waals surface area contributed by atoms with E-state index < -0.39 is 15.9 Å². The van der Waals surface area contributed by atoms with E-state index in [2.05, 4.69) is 15.6 Å². The molecule has 0 heterocycles. The molecule has 1 unspecified atom stereocenters. The molecule has 0 aliphatic carbocycles. The highest BCUT2D eigenvalue weighted by molar-refractivity contribution is 7.90. The first-order chi connectivity index (χ1) is 13.2. The van der Waals surface area contributed by atoms with E-state index in [9.17, 15) is 13.5 Å². The number of guanidine groups is 1. The Bertz CT molecular complexity index is 922. The van der Waals surface area contributed by atoms with Crippen molar-refractivity contribution in [3.05, 3.63) is 64.7 Å². The molecule has 2 aromatic carbocycles. The van der Waals surface area contributed by atoms with Crippen molar-refractivity contribution in [1.29, 1.82) is 0 Å². The van der Waals surface area contributed by atoms with Gasteiger partial charge in [-0.2, -0.15) is 0 Å². The highest BCUT2D eigenvalue weighted by Crippen LogP contribution is 2.17. The highest BCUT2D eigenvalue weighted by Gasteiger charge is 2.11. The molecule has 6 nitrogen and oxygen atoms in total. The first-order valence-electron chi connectivity index (χ1n) is 9.27. The van der Waals surface area contributed by atoms with Crippen LogP contribution in [0.3, 0.4) is 0 Å². The van der Waals surface area contributed by atoms with Crippen LogP contribution in [-0.2, 0) is 16.4 Å². The zero-order valence-corrected chi connectivity index (χ0v) is 17.7. The minimum Gasteiger partial charge on any atom is -0.387 e. The summed E-state index contributed by atoms with van der Waals surface area (Å²) in [5, 5.41) is 16.7. The van der Waals surface area contributed by atoms with Crippen molar-refractivity contribution in [2.75, 3.05) is 19.3 Å². The van der Waals surface area contributed by atoms with Crippen molar-refractivity contribution in [2.24, 2.45) is 4.99 Å². The van der Waals surface area contributed by atoms with Gasteiger partial charge in [-0.05, 0) is 43.5 Å². The predicted molar refractivity (Wildman–Crippen MR) is 113 cm³/mol. The summed E-state index contributed by atoms with van der Waals surface area (Å²) in [6, 6.07) is 13.0. The molecule has 0 bridgehead atoms. The van der Waals surface area contributed by atoms with E-state index in [0.29, 0.717) is 36.1 Å². The van der Waals surface area contributed by atoms with Crippen LogP contribution in [0.4, 0.5) is 0 Å². The van der Waals surface area contributed by atoms with Crippen molar-refractivity contribution in [3.8, 4) is 0 Å². The number of aliphatic hydroxyl groups excluding tert-OH is 1. The smallest absolute Gasteiger partial charge is 0.191 e. The number of nitrogens with one attached hydrogen (secondary N) is 2. The largest absolute Gasteiger partial charge is 0.387 e. The van der Waals surface area contributed by atoms with Gasteiger partial charge < -0.3 is 15.7 Å². The Balaban J connectivity index is 2.03. The van der Waals surface area contributed by atoms with Gasteiger partial charge in [0.2, 0.25) is 0 Å². The molecule has 0 saturated heterocycles. The topological polar surface area (TPSA) is 90.8 Å². The van der Waals surface area contributed by atoms with Crippen LogP contribution in [0, 0.1) is 13.8 Å². The van der Waals surface area contributed by atoms with E-state index >= 15 is 0 Å². The lowest BCUT2D eigenvalue weighted by molar-refractivity contribution is 0.181. The summed E-state index contributed by atoms with van der Waals surface area (Å²) < 4.78 is 23.5. The molecular weight excluding hydrogens is 374 g/mol. The standard InChI is InChI=1S/C21H29N3O3S/c1-5-22-21(24-14-19(25)18-9-6-15(2)7-10-18)23-13-17-8-11-20(16(3)12-17)28(4,26)27/h6-12,19,25H,5,13-14H2,1-4H3,(H2,22,23,24). The number of hydrogen-bond acceptors (Lipinski definition) is 4. The molecule has 0 aliphatic heterocycles. The third kappa shape index (κ3) is 6.35. The normalized spacial score (nSPS) is 13.2. The number of aliphatic hydroxyl groups is 1. The number of rotatable bonds is 7. The number of hydrogen-bond donors (Lipinski definition) is 3. The fraction of sp³-hybridized carbons (Fsp3) is 0.381. The maximum Gasteiger partial charge on any atom is 0.191 e. The molecule has 2 aromatic rings. The minimum absolute atomic E-state index is 0.334. The van der Waals surface area contributed by atoms with Crippen molar-refractivity contribution in [1.82, 2.24) is 10.6 Å². The Kier molecular flexibility index (Phi) is 7.60. The minimum atomic E-state index is -3.23. The van der Waals surface area contributed by atoms with Crippen molar-refractivity contribution >= 4 is 15.8 Å². The van der Waals surface area contributed by atoms with E-state index in [1.165, 1.54) is 6.26 Å². The summed E-state index contributed by atoms with van der Waals surface area (Å²) in [5.41, 5.74) is 3.63. The van der Waals surface area contributed by atoms with Gasteiger partial charge in [0.1, 0.15) is 0 Å². The Morgan fingerprint density at radius 3 is 2.36 bits per heavy atom. The number of aliphatic imine (C=N–C) groups is 1. The van der Waals surface area contributed by atoms with Gasteiger partial charge in [-0.3, -0.25) is 0 Å². The number of aryl methyl sites for hydroxylation is 2. The zero-order chi connectivity index (χ0) is 20.7. The quantitative estimate of drug-likeness (QED) is 0.488. The summed E-state index contributed by atoms with van der Waals surface area (Å²) in [5.74, 6) is 0.596. The lowest BCUT2D eigenvalue weighted by atomic mass is 10.1. The summed E-state index contributed by atoms with van der Waals surface area (Å²) in [6.07, 6.45) is 0.570. The molecule has 7 heteroatoms. The molecule has 152 valence electrons. The van der Waals surface area contributed by atoms with Gasteiger partial charge in [0.05, 0.1) is 17.5 Å². The van der Waals surface area contributed by atoms with Gasteiger partial charge in [0.15, 0.2) is 15.8 Å². The van der Waals surface area contributed by atoms with Gasteiger partial charge in [-0.1, -0.05) is 42.0 Å². The predicted octanol–water partition coefficient (Wildman–Crippen LogP) is 2.50. The molecule has 0 fully saturated rings. The average molecular weight is 404 g/mol. The van der Waals surface area contributed by atoms with E-state index in [4.69, 9.17) is 0 Å². The third-order valence-electron chi connectivity index (χ3n) is 4.33. The molecule has 0 amide bonds. The number of sulfone groups is 1. The van der Waals surface area contributed by atoms with Crippen LogP contribution < -0.4 is 10.6 Å². The number of benzene rings is 2. The second kappa shape index (κ2) is 9.71. The second-order valence-electron chi connectivity index (χ2n) is 6.87. The molecule has 0 saturated carbocycles. The van der Waals surface area contributed by atoms with Crippen LogP contribution in [0.2, 0.25) is 0 Å². The maximum absolute atomic E-state index is 11.7. The van der Waals surface area contributed by atoms with Crippen LogP contribution in [0.5, 0.6) is 0 Å². The molecule has 28 heavy (non-hydrogen) atoms. The van der Waals surface area contributed by atoms with Gasteiger partial charge in [0.25, 0.3) is 0 Å². The van der Waals surface area contributed by atoms with E-state index in [-0.39, 0.29) is 0 Å². The van der Waals surface area contributed by atoms with Crippen molar-refractivity contribution < 1.29 is 13.5 Å². The van der Waals surface area contributed by atoms with Gasteiger partial charge in [-0.15, -0.1) is 0 Å². The van der Waals surface area contributed by atoms with Gasteiger partial charge in [0, 0.05) is 19.3 Å². The van der Waals surface area contributed by atoms with Crippen LogP contribution in [0.1, 0.15) is 35.3 Å². The average Bonchev–Trinajstić information content (AvgIpc) is 2.63. The Hall–Kier alpha value is -2.38. The molecule has 0 aromatic heterocycles.